The van der Waals surface area contributed by atoms with Gasteiger partial charge in [0.25, 0.3) is 5.69 Å². The van der Waals surface area contributed by atoms with Crippen LogP contribution in [0.25, 0.3) is 0 Å². The van der Waals surface area contributed by atoms with Crippen LogP contribution in [0.1, 0.15) is 31.5 Å². The van der Waals surface area contributed by atoms with E-state index < -0.39 is 4.92 Å². The maximum absolute atomic E-state index is 11.6. The van der Waals surface area contributed by atoms with Gasteiger partial charge in [0.15, 0.2) is 0 Å². The van der Waals surface area contributed by atoms with Crippen LogP contribution in [0.4, 0.5) is 5.69 Å². The van der Waals surface area contributed by atoms with Gasteiger partial charge in [0, 0.05) is 18.2 Å². The van der Waals surface area contributed by atoms with E-state index in [0.717, 1.165) is 0 Å². The van der Waals surface area contributed by atoms with Gasteiger partial charge in [0.05, 0.1) is 11.3 Å². The molecule has 5 heteroatoms. The summed E-state index contributed by atoms with van der Waals surface area (Å²) in [7, 11) is 0. The number of aryl methyl sites for hydroxylation is 1. The number of carbonyl (C=O) groups is 1. The molecule has 0 N–H and O–H groups in total. The Morgan fingerprint density at radius 1 is 1.53 bits per heavy atom. The minimum Gasteiger partial charge on any atom is -0.299 e. The third kappa shape index (κ3) is 3.62. The van der Waals surface area contributed by atoms with Gasteiger partial charge < -0.3 is 0 Å². The van der Waals surface area contributed by atoms with E-state index in [1.807, 2.05) is 13.8 Å². The zero-order valence-electron chi connectivity index (χ0n) is 10.3. The number of ketones is 1. The molecule has 1 rings (SSSR count). The number of aromatic nitrogens is 1. The molecule has 1 heterocycles. The van der Waals surface area contributed by atoms with Crippen molar-refractivity contribution in [3.05, 3.63) is 33.6 Å². The highest BCUT2D eigenvalue weighted by Crippen LogP contribution is 2.22. The molecule has 0 fully saturated rings. The van der Waals surface area contributed by atoms with E-state index in [2.05, 4.69) is 4.98 Å². The van der Waals surface area contributed by atoms with Crippen molar-refractivity contribution < 1.29 is 9.72 Å². The molecule has 0 saturated heterocycles. The summed E-state index contributed by atoms with van der Waals surface area (Å²) < 4.78 is 0. The van der Waals surface area contributed by atoms with Crippen molar-refractivity contribution in [2.24, 2.45) is 5.92 Å². The van der Waals surface area contributed by atoms with E-state index in [1.54, 1.807) is 13.0 Å². The largest absolute Gasteiger partial charge is 0.299 e. The van der Waals surface area contributed by atoms with Gasteiger partial charge >= 0.3 is 0 Å². The lowest BCUT2D eigenvalue weighted by Gasteiger charge is -2.05. The third-order valence-corrected chi connectivity index (χ3v) is 2.38. The van der Waals surface area contributed by atoms with E-state index in [0.29, 0.717) is 12.0 Å². The lowest BCUT2D eigenvalue weighted by Crippen LogP contribution is -2.10. The van der Waals surface area contributed by atoms with Gasteiger partial charge in [-0.1, -0.05) is 13.8 Å². The summed E-state index contributed by atoms with van der Waals surface area (Å²) >= 11 is 0. The topological polar surface area (TPSA) is 73.1 Å². The van der Waals surface area contributed by atoms with Crippen molar-refractivity contribution in [2.75, 3.05) is 0 Å². The average molecular weight is 236 g/mol. The van der Waals surface area contributed by atoms with Gasteiger partial charge in [-0.3, -0.25) is 19.9 Å². The maximum Gasteiger partial charge on any atom is 0.294 e. The van der Waals surface area contributed by atoms with E-state index in [-0.39, 0.29) is 29.5 Å². The lowest BCUT2D eigenvalue weighted by molar-refractivity contribution is -0.386. The van der Waals surface area contributed by atoms with Crippen molar-refractivity contribution in [1.82, 2.24) is 4.98 Å². The summed E-state index contributed by atoms with van der Waals surface area (Å²) in [6, 6.07) is 1.58. The van der Waals surface area contributed by atoms with E-state index >= 15 is 0 Å². The summed E-state index contributed by atoms with van der Waals surface area (Å²) in [5.74, 6) is 0.243. The highest BCUT2D eigenvalue weighted by atomic mass is 16.6. The number of pyridine rings is 1. The van der Waals surface area contributed by atoms with E-state index in [4.69, 9.17) is 0 Å². The molecule has 0 aliphatic carbocycles. The zero-order chi connectivity index (χ0) is 13.0. The molecule has 0 aromatic carbocycles. The van der Waals surface area contributed by atoms with Crippen molar-refractivity contribution >= 4 is 11.5 Å². The predicted molar refractivity (Wildman–Crippen MR) is 63.8 cm³/mol. The van der Waals surface area contributed by atoms with Gasteiger partial charge in [0.1, 0.15) is 11.5 Å². The Morgan fingerprint density at radius 3 is 2.71 bits per heavy atom. The van der Waals surface area contributed by atoms with Crippen molar-refractivity contribution in [2.45, 2.75) is 33.6 Å². The Labute approximate surface area is 100 Å². The Bertz CT molecular complexity index is 441. The van der Waals surface area contributed by atoms with Crippen LogP contribution in [0.5, 0.6) is 0 Å². The first-order valence-electron chi connectivity index (χ1n) is 5.52. The summed E-state index contributed by atoms with van der Waals surface area (Å²) in [4.78, 5) is 26.0. The summed E-state index contributed by atoms with van der Waals surface area (Å²) in [5.41, 5.74) is 0.766. The van der Waals surface area contributed by atoms with Crippen LogP contribution in [-0.2, 0) is 11.2 Å². The number of hydrogen-bond donors (Lipinski definition) is 0. The van der Waals surface area contributed by atoms with Crippen LogP contribution in [0.3, 0.4) is 0 Å². The molecule has 0 unspecified atom stereocenters. The molecule has 1 aromatic rings. The van der Waals surface area contributed by atoms with Crippen LogP contribution in [0, 0.1) is 23.0 Å². The van der Waals surface area contributed by atoms with Crippen molar-refractivity contribution in [3.63, 3.8) is 0 Å². The maximum atomic E-state index is 11.6. The minimum atomic E-state index is -0.472. The second kappa shape index (κ2) is 5.52. The van der Waals surface area contributed by atoms with Gasteiger partial charge in [-0.2, -0.15) is 0 Å². The van der Waals surface area contributed by atoms with Gasteiger partial charge in [0.2, 0.25) is 0 Å². The number of rotatable bonds is 5. The fourth-order valence-corrected chi connectivity index (χ4v) is 1.70. The molecule has 0 saturated carbocycles. The van der Waals surface area contributed by atoms with Crippen molar-refractivity contribution in [1.29, 1.82) is 0 Å². The molecule has 1 aromatic heterocycles. The predicted octanol–water partition coefficient (Wildman–Crippen LogP) is 2.46. The average Bonchev–Trinajstić information content (AvgIpc) is 2.15. The molecule has 92 valence electrons. The van der Waals surface area contributed by atoms with Crippen molar-refractivity contribution in [3.8, 4) is 0 Å². The van der Waals surface area contributed by atoms with E-state index in [1.165, 1.54) is 6.20 Å². The van der Waals surface area contributed by atoms with Crippen LogP contribution in [0.2, 0.25) is 0 Å². The number of carbonyl (C=O) groups excluding carboxylic acids is 1. The third-order valence-electron chi connectivity index (χ3n) is 2.38. The molecular formula is C12H16N2O3. The molecule has 0 aliphatic rings. The van der Waals surface area contributed by atoms with Crippen LogP contribution in [-0.4, -0.2) is 15.7 Å². The summed E-state index contributed by atoms with van der Waals surface area (Å²) in [6.45, 7) is 5.53. The van der Waals surface area contributed by atoms with E-state index in [9.17, 15) is 14.9 Å². The Balaban J connectivity index is 2.95. The molecule has 17 heavy (non-hydrogen) atoms. The molecule has 0 amide bonds. The first-order chi connectivity index (χ1) is 7.91. The standard InChI is InChI=1S/C12H16N2O3/c1-8(2)6-10(15)7-11-12(14(16)17)9(3)4-5-13-11/h4-5,8H,6-7H2,1-3H3. The SMILES string of the molecule is Cc1ccnc(CC(=O)CC(C)C)c1[N+](=O)[O-]. The highest BCUT2D eigenvalue weighted by Gasteiger charge is 2.20. The molecule has 0 aliphatic heterocycles. The molecule has 5 nitrogen and oxygen atoms in total. The molecular weight excluding hydrogens is 220 g/mol. The summed E-state index contributed by atoms with van der Waals surface area (Å²) in [5, 5.41) is 10.9. The number of nitrogens with zero attached hydrogens (tertiary/aromatic N) is 2. The minimum absolute atomic E-state index is 0.0128. The molecule has 0 spiro atoms. The Kier molecular flexibility index (Phi) is 4.31. The molecule has 0 atom stereocenters. The van der Waals surface area contributed by atoms with Gasteiger partial charge in [-0.15, -0.1) is 0 Å². The Morgan fingerprint density at radius 2 is 2.18 bits per heavy atom. The number of nitro groups is 1. The fourth-order valence-electron chi connectivity index (χ4n) is 1.70. The normalized spacial score (nSPS) is 10.6. The molecule has 0 radical (unpaired) electrons. The lowest BCUT2D eigenvalue weighted by atomic mass is 10.0. The van der Waals surface area contributed by atoms with Crippen LogP contribution < -0.4 is 0 Å². The fraction of sp³-hybridized carbons (Fsp3) is 0.500. The van der Waals surface area contributed by atoms with Crippen LogP contribution in [0.15, 0.2) is 12.3 Å². The first kappa shape index (κ1) is 13.3. The quantitative estimate of drug-likeness (QED) is 0.581. The van der Waals surface area contributed by atoms with Gasteiger partial charge in [-0.05, 0) is 18.9 Å². The Hall–Kier alpha value is -1.78. The molecule has 0 bridgehead atoms. The second-order valence-electron chi connectivity index (χ2n) is 4.49. The highest BCUT2D eigenvalue weighted by molar-refractivity contribution is 5.81. The summed E-state index contributed by atoms with van der Waals surface area (Å²) in [6.07, 6.45) is 1.96. The first-order valence-corrected chi connectivity index (χ1v) is 5.52. The van der Waals surface area contributed by atoms with Crippen LogP contribution >= 0.6 is 0 Å². The zero-order valence-corrected chi connectivity index (χ0v) is 10.3. The number of hydrogen-bond acceptors (Lipinski definition) is 4. The number of Topliss-reactive ketones (excluding diaryl/α,β-unsaturated/α-hetero) is 1. The monoisotopic (exact) mass is 236 g/mol. The second-order valence-corrected chi connectivity index (χ2v) is 4.49. The van der Waals surface area contributed by atoms with Gasteiger partial charge in [-0.25, -0.2) is 0 Å². The smallest absolute Gasteiger partial charge is 0.294 e.